The van der Waals surface area contributed by atoms with E-state index in [9.17, 15) is 22.4 Å². The Labute approximate surface area is 177 Å². The second-order valence-electron chi connectivity index (χ2n) is 9.56. The van der Waals surface area contributed by atoms with Gasteiger partial charge in [0, 0.05) is 31.5 Å². The van der Waals surface area contributed by atoms with E-state index >= 15 is 0 Å². The minimum atomic E-state index is -3.79. The third-order valence-electron chi connectivity index (χ3n) is 5.11. The molecule has 0 unspecified atom stereocenters. The van der Waals surface area contributed by atoms with Crippen molar-refractivity contribution in [1.29, 1.82) is 0 Å². The molecule has 1 saturated carbocycles. The van der Waals surface area contributed by atoms with Gasteiger partial charge in [-0.2, -0.15) is 0 Å². The first-order chi connectivity index (χ1) is 13.8. The second kappa shape index (κ2) is 8.17. The summed E-state index contributed by atoms with van der Waals surface area (Å²) in [5.41, 5.74) is 0.354. The lowest BCUT2D eigenvalue weighted by molar-refractivity contribution is -0.140. The molecule has 30 heavy (non-hydrogen) atoms. The summed E-state index contributed by atoms with van der Waals surface area (Å²) >= 11 is 0. The molecule has 1 aromatic carbocycles. The van der Waals surface area contributed by atoms with Crippen LogP contribution in [0, 0.1) is 17.2 Å². The fourth-order valence-corrected chi connectivity index (χ4v) is 3.91. The van der Waals surface area contributed by atoms with Gasteiger partial charge in [-0.15, -0.1) is 0 Å². The first-order valence-corrected chi connectivity index (χ1v) is 12.0. The van der Waals surface area contributed by atoms with Gasteiger partial charge in [-0.3, -0.25) is 9.59 Å². The summed E-state index contributed by atoms with van der Waals surface area (Å²) in [6, 6.07) is 2.55. The number of rotatable bonds is 7. The van der Waals surface area contributed by atoms with E-state index in [0.717, 1.165) is 30.7 Å². The number of carbonyl (C=O) groups excluding carboxylic acids is 2. The number of nitrogens with zero attached hydrogens (tertiary/aromatic N) is 1. The van der Waals surface area contributed by atoms with Crippen LogP contribution in [0.15, 0.2) is 12.1 Å². The molecule has 7 nitrogen and oxygen atoms in total. The maximum Gasteiger partial charge on any atom is 0.267 e. The SMILES string of the molecule is CC(C)(C)CC(=O)N1CC(COc2cc(F)c(C(=O)NS(C)(=O)=O)cc2C2CC2)C1. The molecule has 0 radical (unpaired) electrons. The molecule has 3 rings (SSSR count). The van der Waals surface area contributed by atoms with Gasteiger partial charge in [-0.05, 0) is 35.8 Å². The van der Waals surface area contributed by atoms with Crippen LogP contribution in [0.25, 0.3) is 0 Å². The molecule has 2 amide bonds. The molecule has 2 fully saturated rings. The smallest absolute Gasteiger partial charge is 0.267 e. The van der Waals surface area contributed by atoms with Gasteiger partial charge in [0.25, 0.3) is 5.91 Å². The van der Waals surface area contributed by atoms with Crippen molar-refractivity contribution in [1.82, 2.24) is 9.62 Å². The van der Waals surface area contributed by atoms with Crippen molar-refractivity contribution in [2.24, 2.45) is 11.3 Å². The predicted molar refractivity (Wildman–Crippen MR) is 110 cm³/mol. The number of hydrogen-bond acceptors (Lipinski definition) is 5. The van der Waals surface area contributed by atoms with Crippen LogP contribution in [-0.2, 0) is 14.8 Å². The summed E-state index contributed by atoms with van der Waals surface area (Å²) in [5, 5.41) is 0. The summed E-state index contributed by atoms with van der Waals surface area (Å²) in [5.74, 6) is -0.953. The molecule has 9 heteroatoms. The van der Waals surface area contributed by atoms with Gasteiger partial charge in [0.05, 0.1) is 18.4 Å². The molecule has 1 heterocycles. The van der Waals surface area contributed by atoms with Gasteiger partial charge in [0.1, 0.15) is 11.6 Å². The fraction of sp³-hybridized carbons (Fsp3) is 0.619. The van der Waals surface area contributed by atoms with Crippen LogP contribution in [0.2, 0.25) is 0 Å². The first-order valence-electron chi connectivity index (χ1n) is 10.1. The van der Waals surface area contributed by atoms with Crippen LogP contribution in [-0.4, -0.2) is 51.1 Å². The maximum absolute atomic E-state index is 14.5. The summed E-state index contributed by atoms with van der Waals surface area (Å²) < 4.78 is 44.7. The molecular weight excluding hydrogens is 411 g/mol. The quantitative estimate of drug-likeness (QED) is 0.704. The Kier molecular flexibility index (Phi) is 6.13. The van der Waals surface area contributed by atoms with Crippen LogP contribution in [0.5, 0.6) is 5.75 Å². The van der Waals surface area contributed by atoms with E-state index in [4.69, 9.17) is 4.74 Å². The molecule has 1 aliphatic carbocycles. The second-order valence-corrected chi connectivity index (χ2v) is 11.3. The van der Waals surface area contributed by atoms with Crippen LogP contribution < -0.4 is 9.46 Å². The Balaban J connectivity index is 1.63. The van der Waals surface area contributed by atoms with Gasteiger partial charge in [0.2, 0.25) is 15.9 Å². The largest absolute Gasteiger partial charge is 0.493 e. The Morgan fingerprint density at radius 2 is 1.87 bits per heavy atom. The number of sulfonamides is 1. The van der Waals surface area contributed by atoms with Crippen LogP contribution in [0.1, 0.15) is 61.9 Å². The average molecular weight is 441 g/mol. The molecule has 1 N–H and O–H groups in total. The van der Waals surface area contributed by atoms with E-state index in [2.05, 4.69) is 0 Å². The molecule has 1 aliphatic heterocycles. The third kappa shape index (κ3) is 5.93. The van der Waals surface area contributed by atoms with Gasteiger partial charge in [-0.1, -0.05) is 20.8 Å². The van der Waals surface area contributed by atoms with Crippen molar-refractivity contribution in [2.75, 3.05) is 26.0 Å². The molecule has 0 spiro atoms. The summed E-state index contributed by atoms with van der Waals surface area (Å²) in [4.78, 5) is 26.1. The number of nitrogens with one attached hydrogen (secondary N) is 1. The van der Waals surface area contributed by atoms with E-state index in [-0.39, 0.29) is 28.7 Å². The highest BCUT2D eigenvalue weighted by Gasteiger charge is 2.34. The summed E-state index contributed by atoms with van der Waals surface area (Å²) in [6.07, 6.45) is 3.16. The normalized spacial score (nSPS) is 17.4. The maximum atomic E-state index is 14.5. The van der Waals surface area contributed by atoms with E-state index in [1.807, 2.05) is 20.8 Å². The predicted octanol–water partition coefficient (Wildman–Crippen LogP) is 2.67. The van der Waals surface area contributed by atoms with Crippen molar-refractivity contribution < 1.29 is 27.1 Å². The summed E-state index contributed by atoms with van der Waals surface area (Å²) in [7, 11) is -3.79. The molecule has 0 bridgehead atoms. The van der Waals surface area contributed by atoms with Crippen molar-refractivity contribution in [3.8, 4) is 5.75 Å². The lowest BCUT2D eigenvalue weighted by Crippen LogP contribution is -2.52. The monoisotopic (exact) mass is 440 g/mol. The average Bonchev–Trinajstić information content (AvgIpc) is 3.34. The highest BCUT2D eigenvalue weighted by molar-refractivity contribution is 7.89. The molecule has 2 aliphatic rings. The van der Waals surface area contributed by atoms with E-state index in [1.165, 1.54) is 6.07 Å². The zero-order chi connectivity index (χ0) is 22.3. The number of amides is 2. The Morgan fingerprint density at radius 3 is 2.40 bits per heavy atom. The standard InChI is InChI=1S/C21H29FN2O5S/c1-21(2,3)9-19(25)24-10-13(11-24)12-29-18-8-17(22)16(7-15(18)14-5-6-14)20(26)23-30(4,27)28/h7-8,13-14H,5-6,9-12H2,1-4H3,(H,23,26). The lowest BCUT2D eigenvalue weighted by atomic mass is 9.90. The number of halogens is 1. The number of benzene rings is 1. The van der Waals surface area contributed by atoms with Crippen molar-refractivity contribution in [3.05, 3.63) is 29.1 Å². The molecule has 166 valence electrons. The van der Waals surface area contributed by atoms with Gasteiger partial charge >= 0.3 is 0 Å². The first kappa shape index (κ1) is 22.5. The van der Waals surface area contributed by atoms with Crippen LogP contribution >= 0.6 is 0 Å². The highest BCUT2D eigenvalue weighted by Crippen LogP contribution is 2.45. The summed E-state index contributed by atoms with van der Waals surface area (Å²) in [6.45, 7) is 7.67. The lowest BCUT2D eigenvalue weighted by Gasteiger charge is -2.40. The molecule has 1 aromatic rings. The zero-order valence-electron chi connectivity index (χ0n) is 17.8. The minimum absolute atomic E-state index is 0.0551. The topological polar surface area (TPSA) is 92.8 Å². The van der Waals surface area contributed by atoms with Gasteiger partial charge < -0.3 is 9.64 Å². The minimum Gasteiger partial charge on any atom is -0.493 e. The number of likely N-dealkylation sites (tertiary alicyclic amines) is 1. The number of carbonyl (C=O) groups is 2. The highest BCUT2D eigenvalue weighted by atomic mass is 32.2. The number of hydrogen-bond donors (Lipinski definition) is 1. The molecular formula is C21H29FN2O5S. The Hall–Kier alpha value is -2.16. The Morgan fingerprint density at radius 1 is 1.23 bits per heavy atom. The van der Waals surface area contributed by atoms with E-state index in [1.54, 1.807) is 9.62 Å². The Bertz CT molecular complexity index is 945. The zero-order valence-corrected chi connectivity index (χ0v) is 18.6. The van der Waals surface area contributed by atoms with E-state index in [0.29, 0.717) is 31.9 Å². The molecule has 0 aromatic heterocycles. The van der Waals surface area contributed by atoms with Gasteiger partial charge in [0.15, 0.2) is 0 Å². The molecule has 1 saturated heterocycles. The fourth-order valence-electron chi connectivity index (χ4n) is 3.46. The van der Waals surface area contributed by atoms with Crippen LogP contribution in [0.3, 0.4) is 0 Å². The van der Waals surface area contributed by atoms with Crippen molar-refractivity contribution in [2.45, 2.75) is 46.0 Å². The van der Waals surface area contributed by atoms with E-state index < -0.39 is 21.7 Å². The number of ether oxygens (including phenoxy) is 1. The van der Waals surface area contributed by atoms with Crippen molar-refractivity contribution in [3.63, 3.8) is 0 Å². The third-order valence-corrected chi connectivity index (χ3v) is 5.66. The van der Waals surface area contributed by atoms with Gasteiger partial charge in [-0.25, -0.2) is 17.5 Å². The molecule has 0 atom stereocenters. The van der Waals surface area contributed by atoms with Crippen molar-refractivity contribution >= 4 is 21.8 Å². The van der Waals surface area contributed by atoms with Crippen LogP contribution in [0.4, 0.5) is 4.39 Å².